The smallest absolute Gasteiger partial charge is 0.260 e. The van der Waals surface area contributed by atoms with Gasteiger partial charge in [0.1, 0.15) is 11.6 Å². The number of rotatable bonds is 3. The zero-order chi connectivity index (χ0) is 13.9. The third kappa shape index (κ3) is 2.59. The molecule has 3 rings (SSSR count). The highest BCUT2D eigenvalue weighted by molar-refractivity contribution is 5.77. The Labute approximate surface area is 116 Å². The molecule has 0 saturated carbocycles. The van der Waals surface area contributed by atoms with Crippen molar-refractivity contribution in [3.63, 3.8) is 0 Å². The zero-order valence-electron chi connectivity index (χ0n) is 11.0. The van der Waals surface area contributed by atoms with Crippen molar-refractivity contribution in [1.29, 1.82) is 0 Å². The predicted octanol–water partition coefficient (Wildman–Crippen LogP) is 0.886. The quantitative estimate of drug-likeness (QED) is 0.842. The molecule has 0 aliphatic carbocycles. The highest BCUT2D eigenvalue weighted by Gasteiger charge is 2.21. The number of anilines is 1. The maximum absolute atomic E-state index is 12.1. The first kappa shape index (κ1) is 12.5. The van der Waals surface area contributed by atoms with Crippen LogP contribution in [0.15, 0.2) is 36.7 Å². The summed E-state index contributed by atoms with van der Waals surface area (Å²) in [5.74, 6) is 1.48. The molecule has 1 aromatic carbocycles. The normalized spacial score (nSPS) is 13.9. The van der Waals surface area contributed by atoms with Gasteiger partial charge in [-0.1, -0.05) is 6.07 Å². The predicted molar refractivity (Wildman–Crippen MR) is 74.0 cm³/mol. The molecule has 6 heteroatoms. The third-order valence-corrected chi connectivity index (χ3v) is 3.32. The molecule has 0 fully saturated rings. The lowest BCUT2D eigenvalue weighted by Crippen LogP contribution is -2.40. The van der Waals surface area contributed by atoms with E-state index in [0.717, 1.165) is 12.4 Å². The maximum atomic E-state index is 12.1. The Morgan fingerprint density at radius 2 is 2.30 bits per heavy atom. The summed E-state index contributed by atoms with van der Waals surface area (Å²) < 4.78 is 7.53. The Balaban J connectivity index is 1.58. The Kier molecular flexibility index (Phi) is 3.28. The van der Waals surface area contributed by atoms with Crippen molar-refractivity contribution in [2.75, 3.05) is 18.9 Å². The summed E-state index contributed by atoms with van der Waals surface area (Å²) in [5.41, 5.74) is 6.28. The molecule has 20 heavy (non-hydrogen) atoms. The van der Waals surface area contributed by atoms with E-state index in [-0.39, 0.29) is 12.5 Å². The van der Waals surface area contributed by atoms with Crippen LogP contribution in [0.2, 0.25) is 0 Å². The van der Waals surface area contributed by atoms with E-state index >= 15 is 0 Å². The number of imidazole rings is 1. The van der Waals surface area contributed by atoms with Crippen molar-refractivity contribution in [2.45, 2.75) is 13.1 Å². The molecule has 6 nitrogen and oxygen atoms in total. The van der Waals surface area contributed by atoms with E-state index in [2.05, 4.69) is 9.55 Å². The van der Waals surface area contributed by atoms with Gasteiger partial charge in [-0.2, -0.15) is 0 Å². The molecule has 104 valence electrons. The van der Waals surface area contributed by atoms with Crippen molar-refractivity contribution in [1.82, 2.24) is 14.5 Å². The molecular formula is C14H16N4O2. The fourth-order valence-corrected chi connectivity index (χ4v) is 2.23. The van der Waals surface area contributed by atoms with Gasteiger partial charge in [-0.05, 0) is 12.1 Å². The first-order chi connectivity index (χ1) is 9.72. The summed E-state index contributed by atoms with van der Waals surface area (Å²) >= 11 is 0. The molecule has 0 saturated heterocycles. The number of nitrogen functional groups attached to an aromatic ring is 1. The number of aromatic nitrogens is 2. The van der Waals surface area contributed by atoms with Crippen LogP contribution in [0.4, 0.5) is 5.69 Å². The summed E-state index contributed by atoms with van der Waals surface area (Å²) in [7, 11) is 0. The number of amides is 1. The lowest BCUT2D eigenvalue weighted by molar-refractivity contribution is -0.134. The Bertz CT molecular complexity index is 623. The van der Waals surface area contributed by atoms with Gasteiger partial charge in [0.2, 0.25) is 0 Å². The maximum Gasteiger partial charge on any atom is 0.260 e. The number of nitrogens with two attached hydrogens (primary N) is 1. The van der Waals surface area contributed by atoms with Crippen LogP contribution in [0, 0.1) is 0 Å². The Morgan fingerprint density at radius 3 is 3.15 bits per heavy atom. The fraction of sp³-hybridized carbons (Fsp3) is 0.286. The first-order valence-electron chi connectivity index (χ1n) is 6.48. The number of hydrogen-bond acceptors (Lipinski definition) is 4. The molecule has 0 spiro atoms. The van der Waals surface area contributed by atoms with Crippen LogP contribution in [0.3, 0.4) is 0 Å². The lowest BCUT2D eigenvalue weighted by Gasteiger charge is -2.27. The van der Waals surface area contributed by atoms with Gasteiger partial charge in [0, 0.05) is 37.2 Å². The molecule has 1 amide bonds. The summed E-state index contributed by atoms with van der Waals surface area (Å²) in [6.45, 7) is 2.01. The molecule has 0 atom stereocenters. The average Bonchev–Trinajstić information content (AvgIpc) is 2.92. The van der Waals surface area contributed by atoms with E-state index < -0.39 is 0 Å². The molecule has 2 heterocycles. The molecule has 1 aliphatic heterocycles. The van der Waals surface area contributed by atoms with Gasteiger partial charge in [0.05, 0.1) is 6.54 Å². The molecular weight excluding hydrogens is 256 g/mol. The Morgan fingerprint density at radius 1 is 1.40 bits per heavy atom. The van der Waals surface area contributed by atoms with Gasteiger partial charge < -0.3 is 19.9 Å². The van der Waals surface area contributed by atoms with E-state index in [4.69, 9.17) is 10.5 Å². The van der Waals surface area contributed by atoms with Crippen molar-refractivity contribution in [3.8, 4) is 5.75 Å². The third-order valence-electron chi connectivity index (χ3n) is 3.32. The van der Waals surface area contributed by atoms with Gasteiger partial charge in [-0.3, -0.25) is 4.79 Å². The minimum absolute atomic E-state index is 0.0180. The summed E-state index contributed by atoms with van der Waals surface area (Å²) in [5, 5.41) is 0. The standard InChI is InChI=1S/C14H16N4O2/c15-11-2-1-3-12(8-11)20-10-14(19)18-7-6-17-5-4-16-13(17)9-18/h1-5,8H,6-7,9-10,15H2. The van der Waals surface area contributed by atoms with Gasteiger partial charge in [0.25, 0.3) is 5.91 Å². The number of hydrogen-bond donors (Lipinski definition) is 1. The molecule has 0 unspecified atom stereocenters. The van der Waals surface area contributed by atoms with Crippen LogP contribution in [-0.4, -0.2) is 33.5 Å². The monoisotopic (exact) mass is 272 g/mol. The van der Waals surface area contributed by atoms with Crippen molar-refractivity contribution in [3.05, 3.63) is 42.5 Å². The van der Waals surface area contributed by atoms with E-state index in [1.54, 1.807) is 35.4 Å². The summed E-state index contributed by atoms with van der Waals surface area (Å²) in [6, 6.07) is 7.06. The highest BCUT2D eigenvalue weighted by Crippen LogP contribution is 2.15. The van der Waals surface area contributed by atoms with Gasteiger partial charge in [-0.15, -0.1) is 0 Å². The number of fused-ring (bicyclic) bond motifs is 1. The highest BCUT2D eigenvalue weighted by atomic mass is 16.5. The number of carbonyl (C=O) groups is 1. The van der Waals surface area contributed by atoms with Crippen LogP contribution in [-0.2, 0) is 17.9 Å². The summed E-state index contributed by atoms with van der Waals surface area (Å²) in [4.78, 5) is 18.1. The van der Waals surface area contributed by atoms with Crippen molar-refractivity contribution < 1.29 is 9.53 Å². The number of ether oxygens (including phenoxy) is 1. The largest absolute Gasteiger partial charge is 0.484 e. The van der Waals surface area contributed by atoms with Crippen LogP contribution in [0.25, 0.3) is 0 Å². The second kappa shape index (κ2) is 5.24. The topological polar surface area (TPSA) is 73.4 Å². The minimum atomic E-state index is -0.0401. The van der Waals surface area contributed by atoms with Gasteiger partial charge in [-0.25, -0.2) is 4.98 Å². The van der Waals surface area contributed by atoms with Crippen molar-refractivity contribution >= 4 is 11.6 Å². The molecule has 0 bridgehead atoms. The van der Waals surface area contributed by atoms with E-state index in [1.807, 2.05) is 6.20 Å². The average molecular weight is 272 g/mol. The Hall–Kier alpha value is -2.50. The zero-order valence-corrected chi connectivity index (χ0v) is 11.0. The fourth-order valence-electron chi connectivity index (χ4n) is 2.23. The second-order valence-electron chi connectivity index (χ2n) is 4.71. The SMILES string of the molecule is Nc1cccc(OCC(=O)N2CCn3ccnc3C2)c1. The van der Waals surface area contributed by atoms with Gasteiger partial charge in [0.15, 0.2) is 6.61 Å². The van der Waals surface area contributed by atoms with E-state index in [9.17, 15) is 4.79 Å². The van der Waals surface area contributed by atoms with Crippen LogP contribution in [0.1, 0.15) is 5.82 Å². The number of benzene rings is 1. The summed E-state index contributed by atoms with van der Waals surface area (Å²) in [6.07, 6.45) is 3.69. The lowest BCUT2D eigenvalue weighted by atomic mass is 10.3. The minimum Gasteiger partial charge on any atom is -0.484 e. The molecule has 0 radical (unpaired) electrons. The second-order valence-corrected chi connectivity index (χ2v) is 4.71. The number of carbonyl (C=O) groups excluding carboxylic acids is 1. The number of nitrogens with zero attached hydrogens (tertiary/aromatic N) is 3. The molecule has 2 N–H and O–H groups in total. The van der Waals surface area contributed by atoms with Crippen LogP contribution < -0.4 is 10.5 Å². The van der Waals surface area contributed by atoms with Crippen molar-refractivity contribution in [2.24, 2.45) is 0 Å². The van der Waals surface area contributed by atoms with E-state index in [1.165, 1.54) is 0 Å². The molecule has 1 aromatic heterocycles. The van der Waals surface area contributed by atoms with Crippen LogP contribution >= 0.6 is 0 Å². The van der Waals surface area contributed by atoms with Gasteiger partial charge >= 0.3 is 0 Å². The molecule has 1 aliphatic rings. The first-order valence-corrected chi connectivity index (χ1v) is 6.48. The van der Waals surface area contributed by atoms with E-state index in [0.29, 0.717) is 24.5 Å². The molecule has 2 aromatic rings. The van der Waals surface area contributed by atoms with Crippen LogP contribution in [0.5, 0.6) is 5.75 Å².